The Kier molecular flexibility index (Phi) is 5.19. The SMILES string of the molecule is CC.CNC(=O)c1cccc(-c2ccc3ncnc(N)c3n2)c1. The summed E-state index contributed by atoms with van der Waals surface area (Å²) < 4.78 is 0. The first kappa shape index (κ1) is 16.4. The molecular weight excluding hydrogens is 290 g/mol. The van der Waals surface area contributed by atoms with E-state index in [2.05, 4.69) is 20.3 Å². The Morgan fingerprint density at radius 1 is 1.13 bits per heavy atom. The van der Waals surface area contributed by atoms with Gasteiger partial charge in [0.15, 0.2) is 5.82 Å². The maximum Gasteiger partial charge on any atom is 0.251 e. The molecule has 0 bridgehead atoms. The van der Waals surface area contributed by atoms with Crippen LogP contribution < -0.4 is 11.1 Å². The number of amides is 1. The van der Waals surface area contributed by atoms with E-state index in [4.69, 9.17) is 5.73 Å². The Balaban J connectivity index is 0.000000924. The normalized spacial score (nSPS) is 9.87. The van der Waals surface area contributed by atoms with Gasteiger partial charge in [-0.2, -0.15) is 0 Å². The maximum absolute atomic E-state index is 11.7. The lowest BCUT2D eigenvalue weighted by Gasteiger charge is -2.06. The van der Waals surface area contributed by atoms with Crippen molar-refractivity contribution in [3.05, 3.63) is 48.3 Å². The minimum atomic E-state index is -0.138. The van der Waals surface area contributed by atoms with E-state index in [1.54, 1.807) is 19.2 Å². The van der Waals surface area contributed by atoms with Crippen LogP contribution in [0.3, 0.4) is 0 Å². The second kappa shape index (κ2) is 7.31. The zero-order valence-corrected chi connectivity index (χ0v) is 13.4. The summed E-state index contributed by atoms with van der Waals surface area (Å²) in [7, 11) is 1.60. The van der Waals surface area contributed by atoms with E-state index in [1.165, 1.54) is 6.33 Å². The van der Waals surface area contributed by atoms with Crippen LogP contribution in [-0.4, -0.2) is 27.9 Å². The van der Waals surface area contributed by atoms with E-state index in [-0.39, 0.29) is 5.91 Å². The number of hydrogen-bond acceptors (Lipinski definition) is 5. The van der Waals surface area contributed by atoms with Crippen molar-refractivity contribution in [1.29, 1.82) is 0 Å². The molecule has 6 heteroatoms. The molecule has 0 spiro atoms. The minimum Gasteiger partial charge on any atom is -0.382 e. The first-order chi connectivity index (χ1) is 11.2. The van der Waals surface area contributed by atoms with Crippen LogP contribution in [0.5, 0.6) is 0 Å². The Hall–Kier alpha value is -3.02. The third-order valence-electron chi connectivity index (χ3n) is 3.16. The van der Waals surface area contributed by atoms with Gasteiger partial charge >= 0.3 is 0 Å². The highest BCUT2D eigenvalue weighted by molar-refractivity contribution is 5.95. The molecule has 3 rings (SSSR count). The molecule has 3 N–H and O–H groups in total. The molecule has 0 aliphatic heterocycles. The summed E-state index contributed by atoms with van der Waals surface area (Å²) in [6.07, 6.45) is 1.41. The zero-order chi connectivity index (χ0) is 16.8. The average molecular weight is 309 g/mol. The molecule has 0 radical (unpaired) electrons. The van der Waals surface area contributed by atoms with Crippen LogP contribution in [0.1, 0.15) is 24.2 Å². The fourth-order valence-electron chi connectivity index (χ4n) is 2.08. The summed E-state index contributed by atoms with van der Waals surface area (Å²) in [4.78, 5) is 24.2. The molecule has 0 unspecified atom stereocenters. The summed E-state index contributed by atoms with van der Waals surface area (Å²) in [5.41, 5.74) is 9.20. The van der Waals surface area contributed by atoms with Crippen LogP contribution in [0.25, 0.3) is 22.3 Å². The van der Waals surface area contributed by atoms with Crippen LogP contribution in [0.15, 0.2) is 42.7 Å². The maximum atomic E-state index is 11.7. The van der Waals surface area contributed by atoms with E-state index in [0.717, 1.165) is 11.3 Å². The molecular formula is C17H19N5O. The number of rotatable bonds is 2. The standard InChI is InChI=1S/C15H13N5O.C2H6/c1-17-15(21)10-4-2-3-9(7-10)11-5-6-12-13(20-11)14(16)19-8-18-12;1-2/h2-8H,1H3,(H,17,21)(H2,16,18,19);1-2H3. The van der Waals surface area contributed by atoms with Gasteiger partial charge in [0, 0.05) is 18.2 Å². The number of carbonyl (C=O) groups is 1. The summed E-state index contributed by atoms with van der Waals surface area (Å²) in [5.74, 6) is 0.199. The third kappa shape index (κ3) is 3.42. The molecule has 1 amide bonds. The number of hydrogen-bond donors (Lipinski definition) is 2. The number of nitrogens with one attached hydrogen (secondary N) is 1. The lowest BCUT2D eigenvalue weighted by atomic mass is 10.1. The van der Waals surface area contributed by atoms with Crippen molar-refractivity contribution in [1.82, 2.24) is 20.3 Å². The molecule has 0 saturated carbocycles. The van der Waals surface area contributed by atoms with Crippen LogP contribution >= 0.6 is 0 Å². The van der Waals surface area contributed by atoms with Crippen molar-refractivity contribution in [3.8, 4) is 11.3 Å². The molecule has 23 heavy (non-hydrogen) atoms. The quantitative estimate of drug-likeness (QED) is 0.759. The molecule has 3 aromatic rings. The summed E-state index contributed by atoms with van der Waals surface area (Å²) >= 11 is 0. The molecule has 0 fully saturated rings. The fraction of sp³-hybridized carbons (Fsp3) is 0.176. The molecule has 0 saturated heterocycles. The van der Waals surface area contributed by atoms with Gasteiger partial charge in [-0.05, 0) is 24.3 Å². The number of aromatic nitrogens is 3. The number of nitrogen functional groups attached to an aromatic ring is 1. The van der Waals surface area contributed by atoms with E-state index in [0.29, 0.717) is 22.4 Å². The van der Waals surface area contributed by atoms with Crippen molar-refractivity contribution in [3.63, 3.8) is 0 Å². The van der Waals surface area contributed by atoms with Crippen LogP contribution in [0.2, 0.25) is 0 Å². The number of fused-ring (bicyclic) bond motifs is 1. The predicted octanol–water partition coefficient (Wildman–Crippen LogP) is 2.66. The van der Waals surface area contributed by atoms with Gasteiger partial charge in [0.25, 0.3) is 5.91 Å². The van der Waals surface area contributed by atoms with Crippen molar-refractivity contribution in [2.24, 2.45) is 0 Å². The zero-order valence-electron chi connectivity index (χ0n) is 13.4. The third-order valence-corrected chi connectivity index (χ3v) is 3.16. The van der Waals surface area contributed by atoms with Gasteiger partial charge < -0.3 is 11.1 Å². The highest BCUT2D eigenvalue weighted by atomic mass is 16.1. The van der Waals surface area contributed by atoms with Gasteiger partial charge in [0.2, 0.25) is 0 Å². The number of nitrogens with zero attached hydrogens (tertiary/aromatic N) is 3. The van der Waals surface area contributed by atoms with E-state index in [1.807, 2.05) is 38.1 Å². The molecule has 0 aliphatic rings. The van der Waals surface area contributed by atoms with Crippen LogP contribution in [-0.2, 0) is 0 Å². The van der Waals surface area contributed by atoms with Gasteiger partial charge in [0.05, 0.1) is 11.2 Å². The average Bonchev–Trinajstić information content (AvgIpc) is 2.63. The largest absolute Gasteiger partial charge is 0.382 e. The van der Waals surface area contributed by atoms with Crippen molar-refractivity contribution >= 4 is 22.8 Å². The molecule has 118 valence electrons. The van der Waals surface area contributed by atoms with Gasteiger partial charge in [-0.15, -0.1) is 0 Å². The van der Waals surface area contributed by atoms with Gasteiger partial charge in [-0.25, -0.2) is 15.0 Å². The number of anilines is 1. The van der Waals surface area contributed by atoms with E-state index in [9.17, 15) is 4.79 Å². The number of carbonyl (C=O) groups excluding carboxylic acids is 1. The summed E-state index contributed by atoms with van der Waals surface area (Å²) in [5, 5.41) is 2.60. The lowest BCUT2D eigenvalue weighted by molar-refractivity contribution is 0.0963. The Morgan fingerprint density at radius 2 is 1.91 bits per heavy atom. The van der Waals surface area contributed by atoms with Crippen molar-refractivity contribution in [2.45, 2.75) is 13.8 Å². The molecule has 2 aromatic heterocycles. The lowest BCUT2D eigenvalue weighted by Crippen LogP contribution is -2.17. The molecule has 0 aliphatic carbocycles. The molecule has 2 heterocycles. The Labute approximate surface area is 134 Å². The van der Waals surface area contributed by atoms with Crippen LogP contribution in [0, 0.1) is 0 Å². The minimum absolute atomic E-state index is 0.138. The number of benzene rings is 1. The second-order valence-corrected chi connectivity index (χ2v) is 4.48. The summed E-state index contributed by atoms with van der Waals surface area (Å²) in [6, 6.07) is 10.9. The number of nitrogens with two attached hydrogens (primary N) is 1. The summed E-state index contributed by atoms with van der Waals surface area (Å²) in [6.45, 7) is 4.00. The highest BCUT2D eigenvalue weighted by Gasteiger charge is 2.08. The monoisotopic (exact) mass is 309 g/mol. The fourth-order valence-corrected chi connectivity index (χ4v) is 2.08. The molecule has 6 nitrogen and oxygen atoms in total. The Bertz CT molecular complexity index is 832. The first-order valence-corrected chi connectivity index (χ1v) is 7.39. The van der Waals surface area contributed by atoms with Gasteiger partial charge in [-0.3, -0.25) is 4.79 Å². The second-order valence-electron chi connectivity index (χ2n) is 4.48. The first-order valence-electron chi connectivity index (χ1n) is 7.39. The topological polar surface area (TPSA) is 93.8 Å². The van der Waals surface area contributed by atoms with Crippen LogP contribution in [0.4, 0.5) is 5.82 Å². The highest BCUT2D eigenvalue weighted by Crippen LogP contribution is 2.22. The smallest absolute Gasteiger partial charge is 0.251 e. The van der Waals surface area contributed by atoms with Crippen molar-refractivity contribution < 1.29 is 4.79 Å². The van der Waals surface area contributed by atoms with E-state index < -0.39 is 0 Å². The Morgan fingerprint density at radius 3 is 2.65 bits per heavy atom. The van der Waals surface area contributed by atoms with Crippen molar-refractivity contribution in [2.75, 3.05) is 12.8 Å². The predicted molar refractivity (Wildman–Crippen MR) is 91.9 cm³/mol. The van der Waals surface area contributed by atoms with Gasteiger partial charge in [-0.1, -0.05) is 26.0 Å². The number of pyridine rings is 1. The molecule has 0 atom stereocenters. The molecule has 1 aromatic carbocycles. The van der Waals surface area contributed by atoms with E-state index >= 15 is 0 Å². The van der Waals surface area contributed by atoms with Gasteiger partial charge in [0.1, 0.15) is 11.8 Å².